The smallest absolute Gasteiger partial charge is 0.409 e. The molecule has 1 aromatic heterocycles. The van der Waals surface area contributed by atoms with Crippen molar-refractivity contribution in [2.24, 2.45) is 0 Å². The highest BCUT2D eigenvalue weighted by Crippen LogP contribution is 2.14. The third-order valence-corrected chi connectivity index (χ3v) is 3.87. The van der Waals surface area contributed by atoms with Gasteiger partial charge in [-0.25, -0.2) is 4.79 Å². The lowest BCUT2D eigenvalue weighted by Gasteiger charge is -2.31. The molecule has 0 aromatic carbocycles. The Bertz CT molecular complexity index is 431. The Morgan fingerprint density at radius 2 is 2.15 bits per heavy atom. The van der Waals surface area contributed by atoms with E-state index in [1.54, 1.807) is 4.90 Å². The number of aryl methyl sites for hydroxylation is 2. The molecule has 1 amide bonds. The van der Waals surface area contributed by atoms with E-state index in [-0.39, 0.29) is 6.09 Å². The topological polar surface area (TPSA) is 70.2 Å². The molecule has 0 spiro atoms. The molecule has 1 aliphatic heterocycles. The number of piperidine rings is 1. The minimum atomic E-state index is -0.188. The van der Waals surface area contributed by atoms with E-state index in [0.29, 0.717) is 12.6 Å². The number of ether oxygens (including phenoxy) is 1. The number of aromatic nitrogens is 2. The molecular weight excluding hydrogens is 256 g/mol. The van der Waals surface area contributed by atoms with Crippen molar-refractivity contribution in [1.82, 2.24) is 20.4 Å². The first-order chi connectivity index (χ1) is 9.61. The van der Waals surface area contributed by atoms with Crippen LogP contribution in [-0.4, -0.2) is 46.9 Å². The van der Waals surface area contributed by atoms with E-state index < -0.39 is 0 Å². The number of amides is 1. The van der Waals surface area contributed by atoms with E-state index in [2.05, 4.69) is 15.5 Å². The monoisotopic (exact) mass is 280 g/mol. The van der Waals surface area contributed by atoms with E-state index in [4.69, 9.17) is 4.74 Å². The highest BCUT2D eigenvalue weighted by molar-refractivity contribution is 5.67. The second-order valence-corrected chi connectivity index (χ2v) is 5.25. The molecular formula is C14H24N4O2. The van der Waals surface area contributed by atoms with Gasteiger partial charge in [0.25, 0.3) is 0 Å². The van der Waals surface area contributed by atoms with Gasteiger partial charge >= 0.3 is 6.09 Å². The third kappa shape index (κ3) is 3.50. The lowest BCUT2D eigenvalue weighted by atomic mass is 10.0. The number of carbonyl (C=O) groups is 1. The summed E-state index contributed by atoms with van der Waals surface area (Å²) in [6, 6.07) is 0.453. The van der Waals surface area contributed by atoms with Crippen LogP contribution in [0.3, 0.4) is 0 Å². The van der Waals surface area contributed by atoms with Gasteiger partial charge in [0.2, 0.25) is 0 Å². The van der Waals surface area contributed by atoms with Crippen LogP contribution >= 0.6 is 0 Å². The van der Waals surface area contributed by atoms with Gasteiger partial charge < -0.3 is 15.0 Å². The molecule has 112 valence electrons. The fraction of sp³-hybridized carbons (Fsp3) is 0.714. The van der Waals surface area contributed by atoms with E-state index >= 15 is 0 Å². The molecule has 1 aliphatic rings. The Labute approximate surface area is 119 Å². The zero-order valence-corrected chi connectivity index (χ0v) is 12.5. The Morgan fingerprint density at radius 1 is 1.45 bits per heavy atom. The van der Waals surface area contributed by atoms with Gasteiger partial charge in [-0.3, -0.25) is 5.10 Å². The molecule has 1 aromatic rings. The number of rotatable bonds is 4. The fourth-order valence-corrected chi connectivity index (χ4v) is 2.56. The average molecular weight is 280 g/mol. The molecule has 1 fully saturated rings. The van der Waals surface area contributed by atoms with Crippen LogP contribution in [-0.2, 0) is 11.3 Å². The van der Waals surface area contributed by atoms with Crippen molar-refractivity contribution in [2.45, 2.75) is 46.2 Å². The van der Waals surface area contributed by atoms with Crippen molar-refractivity contribution in [1.29, 1.82) is 0 Å². The number of aromatic amines is 1. The molecule has 0 atom stereocenters. The first-order valence-corrected chi connectivity index (χ1v) is 7.27. The summed E-state index contributed by atoms with van der Waals surface area (Å²) >= 11 is 0. The van der Waals surface area contributed by atoms with Crippen molar-refractivity contribution >= 4 is 6.09 Å². The molecule has 6 nitrogen and oxygen atoms in total. The Kier molecular flexibility index (Phi) is 5.00. The summed E-state index contributed by atoms with van der Waals surface area (Å²) in [6.07, 6.45) is 1.75. The molecule has 6 heteroatoms. The SMILES string of the molecule is CCOC(=O)N1CCC(NCc2c(C)n[nH]c2C)CC1. The van der Waals surface area contributed by atoms with Gasteiger partial charge in [0.1, 0.15) is 0 Å². The van der Waals surface area contributed by atoms with Gasteiger partial charge in [0.05, 0.1) is 12.3 Å². The molecule has 2 rings (SSSR count). The molecule has 0 radical (unpaired) electrons. The van der Waals surface area contributed by atoms with Crippen molar-refractivity contribution in [3.8, 4) is 0 Å². The lowest BCUT2D eigenvalue weighted by molar-refractivity contribution is 0.0950. The number of likely N-dealkylation sites (tertiary alicyclic amines) is 1. The predicted octanol–water partition coefficient (Wildman–Crippen LogP) is 1.74. The average Bonchev–Trinajstić information content (AvgIpc) is 2.77. The van der Waals surface area contributed by atoms with Crippen LogP contribution in [0.4, 0.5) is 4.79 Å². The summed E-state index contributed by atoms with van der Waals surface area (Å²) in [6.45, 7) is 8.69. The predicted molar refractivity (Wildman–Crippen MR) is 76.5 cm³/mol. The Balaban J connectivity index is 1.76. The normalized spacial score (nSPS) is 16.4. The van der Waals surface area contributed by atoms with Crippen molar-refractivity contribution in [3.63, 3.8) is 0 Å². The molecule has 0 saturated carbocycles. The van der Waals surface area contributed by atoms with E-state index in [1.807, 2.05) is 20.8 Å². The van der Waals surface area contributed by atoms with Crippen LogP contribution in [0, 0.1) is 13.8 Å². The van der Waals surface area contributed by atoms with Crippen LogP contribution in [0.25, 0.3) is 0 Å². The molecule has 1 saturated heterocycles. The quantitative estimate of drug-likeness (QED) is 0.881. The summed E-state index contributed by atoms with van der Waals surface area (Å²) in [5.41, 5.74) is 3.43. The van der Waals surface area contributed by atoms with Gasteiger partial charge in [-0.1, -0.05) is 0 Å². The van der Waals surface area contributed by atoms with E-state index in [9.17, 15) is 4.79 Å². The first-order valence-electron chi connectivity index (χ1n) is 7.27. The zero-order chi connectivity index (χ0) is 14.5. The standard InChI is InChI=1S/C14H24N4O2/c1-4-20-14(19)18-7-5-12(6-8-18)15-9-13-10(2)16-17-11(13)3/h12,15H,4-9H2,1-3H3,(H,16,17). The highest BCUT2D eigenvalue weighted by Gasteiger charge is 2.23. The van der Waals surface area contributed by atoms with Crippen molar-refractivity contribution in [3.05, 3.63) is 17.0 Å². The number of hydrogen-bond donors (Lipinski definition) is 2. The lowest BCUT2D eigenvalue weighted by Crippen LogP contribution is -2.45. The Hall–Kier alpha value is -1.56. The highest BCUT2D eigenvalue weighted by atomic mass is 16.6. The van der Waals surface area contributed by atoms with Gasteiger partial charge in [0.15, 0.2) is 0 Å². The van der Waals surface area contributed by atoms with Crippen LogP contribution in [0.2, 0.25) is 0 Å². The van der Waals surface area contributed by atoms with Crippen molar-refractivity contribution < 1.29 is 9.53 Å². The zero-order valence-electron chi connectivity index (χ0n) is 12.5. The third-order valence-electron chi connectivity index (χ3n) is 3.87. The van der Waals surface area contributed by atoms with E-state index in [0.717, 1.165) is 43.9 Å². The van der Waals surface area contributed by atoms with E-state index in [1.165, 1.54) is 5.56 Å². The minimum absolute atomic E-state index is 0.188. The molecule has 0 unspecified atom stereocenters. The molecule has 0 aliphatic carbocycles. The van der Waals surface area contributed by atoms with Crippen LogP contribution in [0.1, 0.15) is 36.7 Å². The van der Waals surface area contributed by atoms with Gasteiger partial charge in [-0.05, 0) is 33.6 Å². The summed E-state index contributed by atoms with van der Waals surface area (Å²) < 4.78 is 5.02. The second kappa shape index (κ2) is 6.74. The summed E-state index contributed by atoms with van der Waals surface area (Å²) in [5.74, 6) is 0. The van der Waals surface area contributed by atoms with Crippen LogP contribution in [0.15, 0.2) is 0 Å². The Morgan fingerprint density at radius 3 is 2.70 bits per heavy atom. The number of nitrogens with zero attached hydrogens (tertiary/aromatic N) is 2. The fourth-order valence-electron chi connectivity index (χ4n) is 2.56. The maximum Gasteiger partial charge on any atom is 0.409 e. The maximum atomic E-state index is 11.6. The summed E-state index contributed by atoms with van der Waals surface area (Å²) in [7, 11) is 0. The number of nitrogens with one attached hydrogen (secondary N) is 2. The second-order valence-electron chi connectivity index (χ2n) is 5.25. The van der Waals surface area contributed by atoms with Gasteiger partial charge in [0, 0.05) is 36.9 Å². The molecule has 2 heterocycles. The van der Waals surface area contributed by atoms with Crippen LogP contribution in [0.5, 0.6) is 0 Å². The number of H-pyrrole nitrogens is 1. The van der Waals surface area contributed by atoms with Gasteiger partial charge in [-0.2, -0.15) is 5.10 Å². The molecule has 20 heavy (non-hydrogen) atoms. The number of carbonyl (C=O) groups excluding carboxylic acids is 1. The molecule has 2 N–H and O–H groups in total. The number of hydrogen-bond acceptors (Lipinski definition) is 4. The summed E-state index contributed by atoms with van der Waals surface area (Å²) in [5, 5.41) is 10.8. The summed E-state index contributed by atoms with van der Waals surface area (Å²) in [4.78, 5) is 13.4. The first kappa shape index (κ1) is 14.8. The minimum Gasteiger partial charge on any atom is -0.450 e. The largest absolute Gasteiger partial charge is 0.450 e. The maximum absolute atomic E-state index is 11.6. The van der Waals surface area contributed by atoms with Gasteiger partial charge in [-0.15, -0.1) is 0 Å². The van der Waals surface area contributed by atoms with Crippen molar-refractivity contribution in [2.75, 3.05) is 19.7 Å². The van der Waals surface area contributed by atoms with Crippen LogP contribution < -0.4 is 5.32 Å². The molecule has 0 bridgehead atoms.